The van der Waals surface area contributed by atoms with Gasteiger partial charge < -0.3 is 10.1 Å². The normalized spacial score (nSPS) is 11.8. The largest absolute Gasteiger partial charge is 0.451 e. The van der Waals surface area contributed by atoms with Crippen LogP contribution >= 0.6 is 11.6 Å². The first-order chi connectivity index (χ1) is 13.3. The van der Waals surface area contributed by atoms with E-state index in [-0.39, 0.29) is 16.3 Å². The van der Waals surface area contributed by atoms with E-state index in [2.05, 4.69) is 10.3 Å². The van der Waals surface area contributed by atoms with Crippen LogP contribution in [-0.2, 0) is 20.9 Å². The van der Waals surface area contributed by atoms with Crippen LogP contribution in [0, 0.1) is 5.82 Å². The number of aromatic nitrogens is 2. The third-order valence-corrected chi connectivity index (χ3v) is 4.19. The van der Waals surface area contributed by atoms with Gasteiger partial charge in [-0.1, -0.05) is 23.7 Å². The summed E-state index contributed by atoms with van der Waals surface area (Å²) < 4.78 is 19.3. The van der Waals surface area contributed by atoms with E-state index >= 15 is 0 Å². The van der Waals surface area contributed by atoms with Crippen LogP contribution in [0.2, 0.25) is 5.02 Å². The van der Waals surface area contributed by atoms with Crippen molar-refractivity contribution in [2.45, 2.75) is 19.6 Å². The number of ether oxygens (including phenoxy) is 1. The monoisotopic (exact) mass is 403 g/mol. The molecule has 0 radical (unpaired) electrons. The number of hydrogen-bond acceptors (Lipinski definition) is 5. The molecule has 1 N–H and O–H groups in total. The zero-order chi connectivity index (χ0) is 20.3. The molecule has 144 valence electrons. The summed E-state index contributed by atoms with van der Waals surface area (Å²) in [5.74, 6) is -2.02. The molecule has 9 heteroatoms. The van der Waals surface area contributed by atoms with E-state index < -0.39 is 30.3 Å². The number of amides is 1. The lowest BCUT2D eigenvalue weighted by atomic mass is 10.2. The number of carbonyl (C=O) groups is 2. The molecule has 3 aromatic rings. The molecule has 0 saturated carbocycles. The van der Waals surface area contributed by atoms with E-state index in [4.69, 9.17) is 16.3 Å². The molecular formula is C19H15ClFN3O4. The van der Waals surface area contributed by atoms with Crippen molar-refractivity contribution >= 4 is 40.1 Å². The fraction of sp³-hybridized carbons (Fsp3) is 0.158. The Morgan fingerprint density at radius 3 is 2.79 bits per heavy atom. The van der Waals surface area contributed by atoms with Gasteiger partial charge in [0.05, 0.1) is 22.3 Å². The minimum absolute atomic E-state index is 0.148. The van der Waals surface area contributed by atoms with Crippen molar-refractivity contribution in [3.8, 4) is 0 Å². The number of para-hydroxylation sites is 1. The average molecular weight is 404 g/mol. The summed E-state index contributed by atoms with van der Waals surface area (Å²) in [4.78, 5) is 40.7. The number of nitrogens with zero attached hydrogens (tertiary/aromatic N) is 2. The predicted molar refractivity (Wildman–Crippen MR) is 102 cm³/mol. The van der Waals surface area contributed by atoms with E-state index in [1.54, 1.807) is 24.3 Å². The van der Waals surface area contributed by atoms with Crippen molar-refractivity contribution in [1.82, 2.24) is 9.55 Å². The number of fused-ring (bicyclic) bond motifs is 1. The molecule has 0 aliphatic heterocycles. The maximum absolute atomic E-state index is 13.2. The predicted octanol–water partition coefficient (Wildman–Crippen LogP) is 2.76. The zero-order valence-electron chi connectivity index (χ0n) is 14.7. The molecule has 1 heterocycles. The Kier molecular flexibility index (Phi) is 5.70. The maximum atomic E-state index is 13.2. The molecule has 0 spiro atoms. The second-order valence-electron chi connectivity index (χ2n) is 5.94. The minimum atomic E-state index is -1.14. The van der Waals surface area contributed by atoms with Gasteiger partial charge in [0.1, 0.15) is 12.4 Å². The van der Waals surface area contributed by atoms with Crippen molar-refractivity contribution in [1.29, 1.82) is 0 Å². The smallest absolute Gasteiger partial charge is 0.326 e. The van der Waals surface area contributed by atoms with Gasteiger partial charge in [-0.25, -0.2) is 9.37 Å². The zero-order valence-corrected chi connectivity index (χ0v) is 15.4. The lowest BCUT2D eigenvalue weighted by Crippen LogP contribution is -2.33. The standard InChI is InChI=1S/C19H15ClFN3O4/c1-11(18(26)23-12-6-7-15(21)14(20)8-12)28-17(25)9-24-10-22-16-5-3-2-4-13(16)19(24)27/h2-8,10-11H,9H2,1H3,(H,23,26)/t11-/m1/s1. The Bertz CT molecular complexity index is 1120. The van der Waals surface area contributed by atoms with Gasteiger partial charge in [-0.3, -0.25) is 19.0 Å². The van der Waals surface area contributed by atoms with Crippen LogP contribution in [0.3, 0.4) is 0 Å². The maximum Gasteiger partial charge on any atom is 0.326 e. The Morgan fingerprint density at radius 1 is 1.29 bits per heavy atom. The minimum Gasteiger partial charge on any atom is -0.451 e. The molecule has 0 fully saturated rings. The van der Waals surface area contributed by atoms with Crippen molar-refractivity contribution < 1.29 is 18.7 Å². The molecule has 3 rings (SSSR count). The molecule has 1 aromatic heterocycles. The van der Waals surface area contributed by atoms with E-state index in [0.29, 0.717) is 10.9 Å². The number of benzene rings is 2. The fourth-order valence-electron chi connectivity index (χ4n) is 2.46. The molecule has 1 atom stereocenters. The van der Waals surface area contributed by atoms with Crippen LogP contribution < -0.4 is 10.9 Å². The topological polar surface area (TPSA) is 90.3 Å². The Balaban J connectivity index is 1.64. The highest BCUT2D eigenvalue weighted by Gasteiger charge is 2.19. The van der Waals surface area contributed by atoms with E-state index in [1.165, 1.54) is 25.4 Å². The molecule has 0 aliphatic carbocycles. The first kappa shape index (κ1) is 19.5. The van der Waals surface area contributed by atoms with Crippen LogP contribution in [-0.4, -0.2) is 27.5 Å². The Morgan fingerprint density at radius 2 is 2.04 bits per heavy atom. The van der Waals surface area contributed by atoms with Gasteiger partial charge in [-0.05, 0) is 37.3 Å². The second kappa shape index (κ2) is 8.18. The van der Waals surface area contributed by atoms with E-state index in [0.717, 1.165) is 10.6 Å². The summed E-state index contributed by atoms with van der Waals surface area (Å²) >= 11 is 5.66. The lowest BCUT2D eigenvalue weighted by Gasteiger charge is -2.14. The van der Waals surface area contributed by atoms with Crippen LogP contribution in [0.4, 0.5) is 10.1 Å². The Labute approximate surface area is 163 Å². The van der Waals surface area contributed by atoms with Crippen molar-refractivity contribution in [2.24, 2.45) is 0 Å². The number of anilines is 1. The quantitative estimate of drug-likeness (QED) is 0.661. The van der Waals surface area contributed by atoms with Gasteiger partial charge in [-0.2, -0.15) is 0 Å². The molecular weight excluding hydrogens is 389 g/mol. The number of esters is 1. The number of rotatable bonds is 5. The molecule has 0 bridgehead atoms. The van der Waals surface area contributed by atoms with Gasteiger partial charge in [0.25, 0.3) is 11.5 Å². The summed E-state index contributed by atoms with van der Waals surface area (Å²) in [5.41, 5.74) is 0.387. The van der Waals surface area contributed by atoms with E-state index in [1.807, 2.05) is 0 Å². The molecule has 2 aromatic carbocycles. The van der Waals surface area contributed by atoms with Crippen LogP contribution in [0.15, 0.2) is 53.6 Å². The lowest BCUT2D eigenvalue weighted by molar-refractivity contribution is -0.153. The van der Waals surface area contributed by atoms with Crippen molar-refractivity contribution in [3.63, 3.8) is 0 Å². The first-order valence-corrected chi connectivity index (χ1v) is 8.62. The Hall–Kier alpha value is -3.26. The van der Waals surface area contributed by atoms with Gasteiger partial charge in [0.2, 0.25) is 0 Å². The summed E-state index contributed by atoms with van der Waals surface area (Å²) in [6.45, 7) is 0.983. The molecule has 0 aliphatic rings. The van der Waals surface area contributed by atoms with Crippen LogP contribution in [0.1, 0.15) is 6.92 Å². The molecule has 0 saturated heterocycles. The summed E-state index contributed by atoms with van der Waals surface area (Å²) in [5, 5.41) is 2.69. The summed E-state index contributed by atoms with van der Waals surface area (Å²) in [6.07, 6.45) is 0.109. The number of nitrogens with one attached hydrogen (secondary N) is 1. The highest BCUT2D eigenvalue weighted by molar-refractivity contribution is 6.31. The van der Waals surface area contributed by atoms with Crippen LogP contribution in [0.25, 0.3) is 10.9 Å². The van der Waals surface area contributed by atoms with Gasteiger partial charge in [0, 0.05) is 5.69 Å². The van der Waals surface area contributed by atoms with Crippen molar-refractivity contribution in [2.75, 3.05) is 5.32 Å². The van der Waals surface area contributed by atoms with Crippen molar-refractivity contribution in [3.05, 3.63) is 70.0 Å². The highest BCUT2D eigenvalue weighted by atomic mass is 35.5. The van der Waals surface area contributed by atoms with Gasteiger partial charge in [-0.15, -0.1) is 0 Å². The summed E-state index contributed by atoms with van der Waals surface area (Å²) in [7, 11) is 0. The van der Waals surface area contributed by atoms with Gasteiger partial charge >= 0.3 is 5.97 Å². The molecule has 28 heavy (non-hydrogen) atoms. The summed E-state index contributed by atoms with van der Waals surface area (Å²) in [6, 6.07) is 10.4. The number of hydrogen-bond donors (Lipinski definition) is 1. The number of halogens is 2. The molecule has 1 amide bonds. The van der Waals surface area contributed by atoms with Crippen LogP contribution in [0.5, 0.6) is 0 Å². The molecule has 7 nitrogen and oxygen atoms in total. The third-order valence-electron chi connectivity index (χ3n) is 3.90. The van der Waals surface area contributed by atoms with E-state index in [9.17, 15) is 18.8 Å². The highest BCUT2D eigenvalue weighted by Crippen LogP contribution is 2.19. The first-order valence-electron chi connectivity index (χ1n) is 8.24. The number of carbonyl (C=O) groups excluding carboxylic acids is 2. The second-order valence-corrected chi connectivity index (χ2v) is 6.35. The average Bonchev–Trinajstić information content (AvgIpc) is 2.67. The molecule has 0 unspecified atom stereocenters. The fourth-order valence-corrected chi connectivity index (χ4v) is 2.64. The SMILES string of the molecule is C[C@@H](OC(=O)Cn1cnc2ccccc2c1=O)C(=O)Nc1ccc(F)c(Cl)c1. The van der Waals surface area contributed by atoms with Gasteiger partial charge in [0.15, 0.2) is 6.10 Å². The third kappa shape index (κ3) is 4.34.